The standard InChI is InChI=1S/C16H19NO2.ClH/c1-2-19-16(18)14(11-17)10-13-8-5-7-12-6-3-4-9-15(12)13;/h3-9,14H,2,10-11,17H2,1H3;1H. The number of ether oxygens (including phenoxy) is 1. The van der Waals surface area contributed by atoms with Crippen LogP contribution in [0.4, 0.5) is 0 Å². The smallest absolute Gasteiger partial charge is 0.310 e. The SMILES string of the molecule is CCOC(=O)C(CN)Cc1cccc2ccccc12.Cl. The molecule has 0 aliphatic heterocycles. The van der Waals surface area contributed by atoms with Crippen LogP contribution in [0, 0.1) is 5.92 Å². The maximum absolute atomic E-state index is 11.8. The van der Waals surface area contributed by atoms with Crippen molar-refractivity contribution in [3.8, 4) is 0 Å². The number of halogens is 1. The van der Waals surface area contributed by atoms with E-state index in [2.05, 4.69) is 18.2 Å². The second kappa shape index (κ2) is 7.88. The molecule has 0 spiro atoms. The fourth-order valence-corrected chi connectivity index (χ4v) is 2.26. The van der Waals surface area contributed by atoms with E-state index in [4.69, 9.17) is 10.5 Å². The fraction of sp³-hybridized carbons (Fsp3) is 0.312. The summed E-state index contributed by atoms with van der Waals surface area (Å²) in [7, 11) is 0. The third-order valence-electron chi connectivity index (χ3n) is 3.25. The minimum atomic E-state index is -0.272. The van der Waals surface area contributed by atoms with Crippen molar-refractivity contribution in [2.75, 3.05) is 13.2 Å². The number of hydrogen-bond donors (Lipinski definition) is 1. The maximum atomic E-state index is 11.8. The van der Waals surface area contributed by atoms with E-state index in [0.29, 0.717) is 19.6 Å². The molecule has 0 radical (unpaired) electrons. The topological polar surface area (TPSA) is 52.3 Å². The highest BCUT2D eigenvalue weighted by atomic mass is 35.5. The van der Waals surface area contributed by atoms with Crippen LogP contribution in [0.25, 0.3) is 10.8 Å². The number of nitrogens with two attached hydrogens (primary N) is 1. The number of hydrogen-bond acceptors (Lipinski definition) is 3. The lowest BCUT2D eigenvalue weighted by molar-refractivity contribution is -0.147. The first-order valence-corrected chi connectivity index (χ1v) is 6.59. The molecule has 0 fully saturated rings. The quantitative estimate of drug-likeness (QED) is 0.862. The van der Waals surface area contributed by atoms with Gasteiger partial charge in [0, 0.05) is 6.54 Å². The minimum absolute atomic E-state index is 0. The number of carbonyl (C=O) groups excluding carboxylic acids is 1. The van der Waals surface area contributed by atoms with Crippen LogP contribution in [0.1, 0.15) is 12.5 Å². The van der Waals surface area contributed by atoms with Crippen LogP contribution >= 0.6 is 12.4 Å². The van der Waals surface area contributed by atoms with Gasteiger partial charge in [0.05, 0.1) is 12.5 Å². The van der Waals surface area contributed by atoms with Gasteiger partial charge in [0.15, 0.2) is 0 Å². The summed E-state index contributed by atoms with van der Waals surface area (Å²) >= 11 is 0. The Labute approximate surface area is 125 Å². The van der Waals surface area contributed by atoms with Crippen LogP contribution < -0.4 is 5.73 Å². The average molecular weight is 294 g/mol. The summed E-state index contributed by atoms with van der Waals surface area (Å²) in [6.45, 7) is 2.51. The van der Waals surface area contributed by atoms with Crippen LogP contribution in [0.15, 0.2) is 42.5 Å². The maximum Gasteiger partial charge on any atom is 0.310 e. The highest BCUT2D eigenvalue weighted by molar-refractivity contribution is 5.86. The molecule has 0 saturated heterocycles. The number of fused-ring (bicyclic) bond motifs is 1. The summed E-state index contributed by atoms with van der Waals surface area (Å²) in [6.07, 6.45) is 0.622. The molecule has 1 unspecified atom stereocenters. The molecule has 0 aliphatic carbocycles. The lowest BCUT2D eigenvalue weighted by Gasteiger charge is -2.14. The Morgan fingerprint density at radius 2 is 1.90 bits per heavy atom. The summed E-state index contributed by atoms with van der Waals surface area (Å²) in [5.41, 5.74) is 6.84. The Kier molecular flexibility index (Phi) is 6.49. The van der Waals surface area contributed by atoms with Gasteiger partial charge in [-0.3, -0.25) is 4.79 Å². The van der Waals surface area contributed by atoms with E-state index in [-0.39, 0.29) is 24.3 Å². The molecule has 3 nitrogen and oxygen atoms in total. The third kappa shape index (κ3) is 3.71. The second-order valence-electron chi connectivity index (χ2n) is 4.53. The van der Waals surface area contributed by atoms with E-state index in [1.807, 2.05) is 31.2 Å². The van der Waals surface area contributed by atoms with E-state index in [1.54, 1.807) is 0 Å². The molecule has 2 aromatic rings. The second-order valence-corrected chi connectivity index (χ2v) is 4.53. The Balaban J connectivity index is 0.00000200. The van der Waals surface area contributed by atoms with Crippen LogP contribution in [0.2, 0.25) is 0 Å². The van der Waals surface area contributed by atoms with Gasteiger partial charge in [0.2, 0.25) is 0 Å². The van der Waals surface area contributed by atoms with Gasteiger partial charge >= 0.3 is 5.97 Å². The van der Waals surface area contributed by atoms with Gasteiger partial charge in [-0.05, 0) is 29.7 Å². The molecule has 4 heteroatoms. The van der Waals surface area contributed by atoms with E-state index in [0.717, 1.165) is 5.56 Å². The molecule has 2 N–H and O–H groups in total. The molecule has 0 saturated carbocycles. The first kappa shape index (κ1) is 16.5. The van der Waals surface area contributed by atoms with Crippen molar-refractivity contribution in [3.63, 3.8) is 0 Å². The summed E-state index contributed by atoms with van der Waals surface area (Å²) in [4.78, 5) is 11.8. The van der Waals surface area contributed by atoms with Crippen molar-refractivity contribution in [3.05, 3.63) is 48.0 Å². The zero-order valence-corrected chi connectivity index (χ0v) is 12.4. The molecule has 108 valence electrons. The molecule has 0 aromatic heterocycles. The molecule has 1 atom stereocenters. The van der Waals surface area contributed by atoms with Gasteiger partial charge < -0.3 is 10.5 Å². The largest absolute Gasteiger partial charge is 0.466 e. The normalized spacial score (nSPS) is 11.7. The molecule has 0 aliphatic rings. The number of rotatable bonds is 5. The van der Waals surface area contributed by atoms with Crippen molar-refractivity contribution in [2.24, 2.45) is 11.7 Å². The molecule has 0 heterocycles. The van der Waals surface area contributed by atoms with Crippen molar-refractivity contribution in [1.29, 1.82) is 0 Å². The predicted octanol–water partition coefficient (Wildman–Crippen LogP) is 2.94. The summed E-state index contributed by atoms with van der Waals surface area (Å²) in [6, 6.07) is 14.3. The zero-order chi connectivity index (χ0) is 13.7. The molecule has 0 bridgehead atoms. The Morgan fingerprint density at radius 3 is 2.60 bits per heavy atom. The molecular formula is C16H20ClNO2. The lowest BCUT2D eigenvalue weighted by Crippen LogP contribution is -2.27. The summed E-state index contributed by atoms with van der Waals surface area (Å²) < 4.78 is 5.06. The monoisotopic (exact) mass is 293 g/mol. The van der Waals surface area contributed by atoms with E-state index in [9.17, 15) is 4.79 Å². The minimum Gasteiger partial charge on any atom is -0.466 e. The van der Waals surface area contributed by atoms with Crippen molar-refractivity contribution in [2.45, 2.75) is 13.3 Å². The Bertz CT molecular complexity index is 566. The Morgan fingerprint density at radius 1 is 1.20 bits per heavy atom. The van der Waals surface area contributed by atoms with Gasteiger partial charge in [0.1, 0.15) is 0 Å². The van der Waals surface area contributed by atoms with Crippen LogP contribution in [0.3, 0.4) is 0 Å². The molecule has 2 rings (SSSR count). The molecular weight excluding hydrogens is 274 g/mol. The molecule has 20 heavy (non-hydrogen) atoms. The number of esters is 1. The van der Waals surface area contributed by atoms with Gasteiger partial charge in [-0.15, -0.1) is 12.4 Å². The van der Waals surface area contributed by atoms with Crippen molar-refractivity contribution in [1.82, 2.24) is 0 Å². The number of carbonyl (C=O) groups is 1. The van der Waals surface area contributed by atoms with E-state index >= 15 is 0 Å². The van der Waals surface area contributed by atoms with Crippen molar-refractivity contribution < 1.29 is 9.53 Å². The van der Waals surface area contributed by atoms with Crippen LogP contribution in [0.5, 0.6) is 0 Å². The third-order valence-corrected chi connectivity index (χ3v) is 3.25. The van der Waals surface area contributed by atoms with Crippen molar-refractivity contribution >= 4 is 29.1 Å². The van der Waals surface area contributed by atoms with Gasteiger partial charge in [-0.1, -0.05) is 42.5 Å². The highest BCUT2D eigenvalue weighted by Crippen LogP contribution is 2.21. The first-order chi connectivity index (χ1) is 9.26. The Hall–Kier alpha value is -1.58. The van der Waals surface area contributed by atoms with Crippen LogP contribution in [-0.4, -0.2) is 19.1 Å². The summed E-state index contributed by atoms with van der Waals surface area (Å²) in [5, 5.41) is 2.35. The zero-order valence-electron chi connectivity index (χ0n) is 11.5. The van der Waals surface area contributed by atoms with E-state index in [1.165, 1.54) is 10.8 Å². The van der Waals surface area contributed by atoms with Gasteiger partial charge in [0.25, 0.3) is 0 Å². The van der Waals surface area contributed by atoms with Gasteiger partial charge in [-0.2, -0.15) is 0 Å². The first-order valence-electron chi connectivity index (χ1n) is 6.59. The molecule has 2 aromatic carbocycles. The van der Waals surface area contributed by atoms with Crippen LogP contribution in [-0.2, 0) is 16.0 Å². The predicted molar refractivity (Wildman–Crippen MR) is 84.1 cm³/mol. The average Bonchev–Trinajstić information content (AvgIpc) is 2.45. The highest BCUT2D eigenvalue weighted by Gasteiger charge is 2.19. The number of benzene rings is 2. The summed E-state index contributed by atoms with van der Waals surface area (Å²) in [5.74, 6) is -0.483. The fourth-order valence-electron chi connectivity index (χ4n) is 2.26. The lowest BCUT2D eigenvalue weighted by atomic mass is 9.95. The van der Waals surface area contributed by atoms with Gasteiger partial charge in [-0.25, -0.2) is 0 Å². The van der Waals surface area contributed by atoms with E-state index < -0.39 is 0 Å². The molecule has 0 amide bonds.